The molecule has 0 radical (unpaired) electrons. The standard InChI is InChI=1S/C27H44O/c1-18(2)7-6-8-19(3)23-11-12-24-22-10-9-20-17-21(28)13-15-26(20,4)25(22)14-16-27(23,24)5/h12,18-21,23,28H,6-11,13-17H2,1-5H3/t19?,20?,21-,23+,26-,27+/m0/s1. The zero-order valence-corrected chi connectivity index (χ0v) is 19.2. The SMILES string of the molecule is CC(C)CCCC(C)[C@H]1CC=C2C3=C(CC[C@@]21C)[C@@]1(C)CC[C@H](O)CC1CC3. The molecule has 0 aromatic rings. The van der Waals surface area contributed by atoms with Crippen LogP contribution in [0.2, 0.25) is 0 Å². The van der Waals surface area contributed by atoms with E-state index in [1.54, 1.807) is 11.1 Å². The Morgan fingerprint density at radius 1 is 1.04 bits per heavy atom. The van der Waals surface area contributed by atoms with Gasteiger partial charge < -0.3 is 5.11 Å². The van der Waals surface area contributed by atoms with Crippen LogP contribution in [0.3, 0.4) is 0 Å². The van der Waals surface area contributed by atoms with Crippen molar-refractivity contribution in [1.29, 1.82) is 0 Å². The highest BCUT2D eigenvalue weighted by Gasteiger charge is 2.52. The average Bonchev–Trinajstić information content (AvgIpc) is 2.99. The molecule has 0 spiro atoms. The van der Waals surface area contributed by atoms with Crippen molar-refractivity contribution < 1.29 is 5.11 Å². The molecule has 1 fully saturated rings. The van der Waals surface area contributed by atoms with Gasteiger partial charge in [0.25, 0.3) is 0 Å². The second-order valence-corrected chi connectivity index (χ2v) is 11.7. The summed E-state index contributed by atoms with van der Waals surface area (Å²) in [5.74, 6) is 3.25. The van der Waals surface area contributed by atoms with E-state index in [-0.39, 0.29) is 6.10 Å². The largest absolute Gasteiger partial charge is 0.393 e. The molecule has 28 heavy (non-hydrogen) atoms. The Kier molecular flexibility index (Phi) is 5.62. The van der Waals surface area contributed by atoms with Gasteiger partial charge in [-0.1, -0.05) is 65.5 Å². The van der Waals surface area contributed by atoms with E-state index in [0.717, 1.165) is 30.6 Å². The second-order valence-electron chi connectivity index (χ2n) is 11.7. The third-order valence-corrected chi connectivity index (χ3v) is 9.61. The lowest BCUT2D eigenvalue weighted by Gasteiger charge is -2.54. The summed E-state index contributed by atoms with van der Waals surface area (Å²) in [5, 5.41) is 10.2. The molecule has 0 aromatic heterocycles. The second kappa shape index (κ2) is 7.60. The molecule has 4 aliphatic rings. The van der Waals surface area contributed by atoms with Gasteiger partial charge in [0.15, 0.2) is 0 Å². The van der Waals surface area contributed by atoms with Crippen LogP contribution in [-0.4, -0.2) is 11.2 Å². The van der Waals surface area contributed by atoms with Crippen molar-refractivity contribution in [2.24, 2.45) is 34.5 Å². The zero-order chi connectivity index (χ0) is 20.1. The molecular formula is C27H44O. The van der Waals surface area contributed by atoms with E-state index in [4.69, 9.17) is 0 Å². The summed E-state index contributed by atoms with van der Waals surface area (Å²) >= 11 is 0. The minimum atomic E-state index is -0.0455. The van der Waals surface area contributed by atoms with Crippen molar-refractivity contribution in [2.75, 3.05) is 0 Å². The number of aliphatic hydroxyl groups is 1. The summed E-state index contributed by atoms with van der Waals surface area (Å²) in [7, 11) is 0. The van der Waals surface area contributed by atoms with Crippen LogP contribution in [0, 0.1) is 34.5 Å². The Morgan fingerprint density at radius 3 is 2.57 bits per heavy atom. The van der Waals surface area contributed by atoms with Gasteiger partial charge in [-0.15, -0.1) is 0 Å². The first kappa shape index (κ1) is 20.7. The van der Waals surface area contributed by atoms with Crippen molar-refractivity contribution in [3.05, 3.63) is 22.8 Å². The molecule has 0 bridgehead atoms. The third kappa shape index (κ3) is 3.34. The van der Waals surface area contributed by atoms with Crippen LogP contribution in [0.4, 0.5) is 0 Å². The summed E-state index contributed by atoms with van der Waals surface area (Å²) in [6, 6.07) is 0. The van der Waals surface area contributed by atoms with Gasteiger partial charge in [-0.05, 0) is 97.0 Å². The predicted molar refractivity (Wildman–Crippen MR) is 119 cm³/mol. The van der Waals surface area contributed by atoms with Crippen molar-refractivity contribution in [3.63, 3.8) is 0 Å². The molecule has 4 rings (SSSR count). The van der Waals surface area contributed by atoms with Gasteiger partial charge in [0.05, 0.1) is 6.10 Å². The summed E-state index contributed by atoms with van der Waals surface area (Å²) < 4.78 is 0. The predicted octanol–water partition coefficient (Wildman–Crippen LogP) is 7.45. The normalized spacial score (nSPS) is 41.4. The molecule has 4 aliphatic carbocycles. The first-order valence-electron chi connectivity index (χ1n) is 12.4. The van der Waals surface area contributed by atoms with E-state index < -0.39 is 0 Å². The topological polar surface area (TPSA) is 20.2 Å². The summed E-state index contributed by atoms with van der Waals surface area (Å²) in [5.41, 5.74) is 6.15. The summed E-state index contributed by atoms with van der Waals surface area (Å²) in [4.78, 5) is 0. The van der Waals surface area contributed by atoms with Crippen molar-refractivity contribution in [1.82, 2.24) is 0 Å². The Bertz CT molecular complexity index is 655. The summed E-state index contributed by atoms with van der Waals surface area (Å²) in [6.45, 7) is 12.4. The zero-order valence-electron chi connectivity index (χ0n) is 19.2. The maximum absolute atomic E-state index is 10.2. The maximum Gasteiger partial charge on any atom is 0.0543 e. The van der Waals surface area contributed by atoms with Crippen LogP contribution < -0.4 is 0 Å². The van der Waals surface area contributed by atoms with Crippen molar-refractivity contribution in [2.45, 2.75) is 111 Å². The van der Waals surface area contributed by atoms with E-state index in [0.29, 0.717) is 16.7 Å². The monoisotopic (exact) mass is 384 g/mol. The maximum atomic E-state index is 10.2. The molecule has 1 saturated carbocycles. The lowest BCUT2D eigenvalue weighted by Crippen LogP contribution is -2.44. The molecule has 1 N–H and O–H groups in total. The van der Waals surface area contributed by atoms with Crippen LogP contribution in [0.5, 0.6) is 0 Å². The van der Waals surface area contributed by atoms with Crippen LogP contribution >= 0.6 is 0 Å². The van der Waals surface area contributed by atoms with Gasteiger partial charge in [-0.2, -0.15) is 0 Å². The van der Waals surface area contributed by atoms with Crippen LogP contribution in [-0.2, 0) is 0 Å². The molecule has 6 atom stereocenters. The number of aliphatic hydroxyl groups excluding tert-OH is 1. The van der Waals surface area contributed by atoms with Gasteiger partial charge in [-0.3, -0.25) is 0 Å². The van der Waals surface area contributed by atoms with Gasteiger partial charge >= 0.3 is 0 Å². The molecular weight excluding hydrogens is 340 g/mol. The Balaban J connectivity index is 1.54. The number of hydrogen-bond acceptors (Lipinski definition) is 1. The van der Waals surface area contributed by atoms with Gasteiger partial charge in [-0.25, -0.2) is 0 Å². The highest BCUT2D eigenvalue weighted by molar-refractivity contribution is 5.49. The van der Waals surface area contributed by atoms with E-state index in [2.05, 4.69) is 40.7 Å². The first-order valence-corrected chi connectivity index (χ1v) is 12.4. The number of fused-ring (bicyclic) bond motifs is 4. The molecule has 0 aromatic carbocycles. The lowest BCUT2D eigenvalue weighted by atomic mass is 9.51. The fraction of sp³-hybridized carbons (Fsp3) is 0.852. The van der Waals surface area contributed by atoms with Crippen LogP contribution in [0.1, 0.15) is 105 Å². The average molecular weight is 385 g/mol. The summed E-state index contributed by atoms with van der Waals surface area (Å²) in [6.07, 6.45) is 16.6. The smallest absolute Gasteiger partial charge is 0.0543 e. The number of hydrogen-bond donors (Lipinski definition) is 1. The molecule has 0 saturated heterocycles. The van der Waals surface area contributed by atoms with E-state index >= 15 is 0 Å². The number of rotatable bonds is 5. The minimum absolute atomic E-state index is 0.0455. The minimum Gasteiger partial charge on any atom is -0.393 e. The fourth-order valence-electron chi connectivity index (χ4n) is 7.78. The Labute approximate surface area is 174 Å². The van der Waals surface area contributed by atoms with E-state index in [9.17, 15) is 5.11 Å². The quantitative estimate of drug-likeness (QED) is 0.521. The van der Waals surface area contributed by atoms with Crippen LogP contribution in [0.15, 0.2) is 22.8 Å². The fourth-order valence-corrected chi connectivity index (χ4v) is 7.78. The molecule has 0 heterocycles. The molecule has 158 valence electrons. The highest BCUT2D eigenvalue weighted by atomic mass is 16.3. The molecule has 1 heteroatoms. The van der Waals surface area contributed by atoms with Crippen molar-refractivity contribution >= 4 is 0 Å². The Morgan fingerprint density at radius 2 is 1.82 bits per heavy atom. The van der Waals surface area contributed by atoms with E-state index in [1.165, 1.54) is 57.8 Å². The van der Waals surface area contributed by atoms with Gasteiger partial charge in [0, 0.05) is 0 Å². The molecule has 2 unspecified atom stereocenters. The molecule has 1 nitrogen and oxygen atoms in total. The van der Waals surface area contributed by atoms with E-state index in [1.807, 2.05) is 5.57 Å². The molecule has 0 amide bonds. The van der Waals surface area contributed by atoms with Gasteiger partial charge in [0.2, 0.25) is 0 Å². The lowest BCUT2D eigenvalue weighted by molar-refractivity contribution is 0.0225. The first-order chi connectivity index (χ1) is 13.3. The van der Waals surface area contributed by atoms with Crippen molar-refractivity contribution in [3.8, 4) is 0 Å². The number of allylic oxidation sites excluding steroid dienone is 4. The third-order valence-electron chi connectivity index (χ3n) is 9.61. The highest BCUT2D eigenvalue weighted by Crippen LogP contribution is 2.64. The Hall–Kier alpha value is -0.560. The van der Waals surface area contributed by atoms with Crippen LogP contribution in [0.25, 0.3) is 0 Å². The molecule has 0 aliphatic heterocycles. The van der Waals surface area contributed by atoms with Gasteiger partial charge in [0.1, 0.15) is 0 Å².